The van der Waals surface area contributed by atoms with Crippen LogP contribution < -0.4 is 10.6 Å². The predicted molar refractivity (Wildman–Crippen MR) is 66.8 cm³/mol. The minimum atomic E-state index is -0.270. The molecule has 0 spiro atoms. The fourth-order valence-electron chi connectivity index (χ4n) is 2.47. The van der Waals surface area contributed by atoms with Crippen LogP contribution in [0.4, 0.5) is 10.1 Å². The quantitative estimate of drug-likeness (QED) is 0.865. The zero-order valence-corrected chi connectivity index (χ0v) is 10.4. The Balaban J connectivity index is 2.34. The second-order valence-corrected chi connectivity index (χ2v) is 4.81. The second-order valence-electron chi connectivity index (χ2n) is 4.81. The Kier molecular flexibility index (Phi) is 3.35. The molecule has 1 unspecified atom stereocenters. The van der Waals surface area contributed by atoms with Gasteiger partial charge in [-0.25, -0.2) is 4.39 Å². The minimum Gasteiger partial charge on any atom is -0.382 e. The third-order valence-electron chi connectivity index (χ3n) is 3.49. The smallest absolute Gasteiger partial charge is 0.125 e. The van der Waals surface area contributed by atoms with Gasteiger partial charge in [0.05, 0.1) is 12.1 Å². The van der Waals surface area contributed by atoms with Crippen molar-refractivity contribution < 1.29 is 9.13 Å². The molecule has 0 saturated carbocycles. The number of rotatable bonds is 4. The van der Waals surface area contributed by atoms with Crippen LogP contribution in [0.2, 0.25) is 0 Å². The van der Waals surface area contributed by atoms with E-state index >= 15 is 0 Å². The SMILES string of the molecule is COCC(C)(CN)N1CCc2ccc(F)cc21. The van der Waals surface area contributed by atoms with Gasteiger partial charge in [0, 0.05) is 25.9 Å². The van der Waals surface area contributed by atoms with Gasteiger partial charge in [-0.2, -0.15) is 0 Å². The average molecular weight is 238 g/mol. The summed E-state index contributed by atoms with van der Waals surface area (Å²) >= 11 is 0. The number of fused-ring (bicyclic) bond motifs is 1. The molecule has 0 aromatic heterocycles. The number of ether oxygens (including phenoxy) is 1. The zero-order valence-electron chi connectivity index (χ0n) is 10.4. The zero-order chi connectivity index (χ0) is 12.5. The van der Waals surface area contributed by atoms with Gasteiger partial charge < -0.3 is 15.4 Å². The Morgan fingerprint density at radius 1 is 1.53 bits per heavy atom. The Hall–Kier alpha value is -1.13. The molecule has 1 aromatic rings. The lowest BCUT2D eigenvalue weighted by atomic mass is 10.0. The van der Waals surface area contributed by atoms with Gasteiger partial charge in [-0.3, -0.25) is 0 Å². The lowest BCUT2D eigenvalue weighted by Crippen LogP contribution is -2.54. The number of nitrogens with two attached hydrogens (primary N) is 1. The Labute approximate surface area is 101 Å². The van der Waals surface area contributed by atoms with Crippen LogP contribution in [0, 0.1) is 5.82 Å². The molecular weight excluding hydrogens is 219 g/mol. The fourth-order valence-corrected chi connectivity index (χ4v) is 2.47. The first-order chi connectivity index (χ1) is 8.10. The van der Waals surface area contributed by atoms with Crippen molar-refractivity contribution in [1.29, 1.82) is 0 Å². The van der Waals surface area contributed by atoms with E-state index in [2.05, 4.69) is 11.8 Å². The summed E-state index contributed by atoms with van der Waals surface area (Å²) in [6.07, 6.45) is 0.939. The van der Waals surface area contributed by atoms with Crippen LogP contribution in [0.1, 0.15) is 12.5 Å². The molecule has 1 aliphatic rings. The van der Waals surface area contributed by atoms with Gasteiger partial charge in [0.25, 0.3) is 0 Å². The molecule has 1 aromatic carbocycles. The van der Waals surface area contributed by atoms with E-state index in [1.165, 1.54) is 11.6 Å². The van der Waals surface area contributed by atoms with Gasteiger partial charge in [0.15, 0.2) is 0 Å². The fraction of sp³-hybridized carbons (Fsp3) is 0.538. The third kappa shape index (κ3) is 2.15. The summed E-state index contributed by atoms with van der Waals surface area (Å²) in [5.74, 6) is -0.201. The lowest BCUT2D eigenvalue weighted by Gasteiger charge is -2.39. The van der Waals surface area contributed by atoms with Crippen molar-refractivity contribution in [3.63, 3.8) is 0 Å². The van der Waals surface area contributed by atoms with Crippen LogP contribution in [0.5, 0.6) is 0 Å². The molecule has 0 saturated heterocycles. The second kappa shape index (κ2) is 4.63. The van der Waals surface area contributed by atoms with Gasteiger partial charge in [0.1, 0.15) is 5.82 Å². The van der Waals surface area contributed by atoms with Crippen LogP contribution in [0.25, 0.3) is 0 Å². The van der Waals surface area contributed by atoms with Gasteiger partial charge in [-0.05, 0) is 31.0 Å². The highest BCUT2D eigenvalue weighted by Crippen LogP contribution is 2.34. The van der Waals surface area contributed by atoms with Crippen LogP contribution in [0.15, 0.2) is 18.2 Å². The van der Waals surface area contributed by atoms with Crippen molar-refractivity contribution in [2.45, 2.75) is 18.9 Å². The van der Waals surface area contributed by atoms with Gasteiger partial charge >= 0.3 is 0 Å². The first-order valence-corrected chi connectivity index (χ1v) is 5.86. The molecule has 2 N–H and O–H groups in total. The maximum absolute atomic E-state index is 13.3. The Morgan fingerprint density at radius 3 is 2.94 bits per heavy atom. The van der Waals surface area contributed by atoms with Crippen molar-refractivity contribution in [3.05, 3.63) is 29.6 Å². The Bertz CT molecular complexity index is 410. The minimum absolute atomic E-state index is 0.201. The maximum Gasteiger partial charge on any atom is 0.125 e. The van der Waals surface area contributed by atoms with Gasteiger partial charge in [-0.1, -0.05) is 6.07 Å². The number of halogens is 1. The molecule has 3 nitrogen and oxygen atoms in total. The molecule has 1 heterocycles. The molecule has 0 radical (unpaired) electrons. The standard InChI is InChI=1S/C13H19FN2O/c1-13(8-15,9-17-2)16-6-5-10-3-4-11(14)7-12(10)16/h3-4,7H,5-6,8-9,15H2,1-2H3. The van der Waals surface area contributed by atoms with Crippen molar-refractivity contribution in [3.8, 4) is 0 Å². The average Bonchev–Trinajstić information content (AvgIpc) is 2.72. The molecule has 94 valence electrons. The van der Waals surface area contributed by atoms with E-state index in [0.29, 0.717) is 13.2 Å². The molecule has 2 rings (SSSR count). The van der Waals surface area contributed by atoms with E-state index in [1.807, 2.05) is 6.07 Å². The molecule has 0 aliphatic carbocycles. The highest BCUT2D eigenvalue weighted by Gasteiger charge is 2.35. The topological polar surface area (TPSA) is 38.5 Å². The summed E-state index contributed by atoms with van der Waals surface area (Å²) in [6.45, 7) is 3.95. The molecule has 1 atom stereocenters. The largest absolute Gasteiger partial charge is 0.382 e. The maximum atomic E-state index is 13.3. The normalized spacial score (nSPS) is 18.0. The number of nitrogens with zero attached hydrogens (tertiary/aromatic N) is 1. The monoisotopic (exact) mass is 238 g/mol. The number of hydrogen-bond acceptors (Lipinski definition) is 3. The third-order valence-corrected chi connectivity index (χ3v) is 3.49. The van der Waals surface area contributed by atoms with E-state index in [9.17, 15) is 4.39 Å². The van der Waals surface area contributed by atoms with Crippen molar-refractivity contribution >= 4 is 5.69 Å². The summed E-state index contributed by atoms with van der Waals surface area (Å²) in [6, 6.07) is 4.96. The number of hydrogen-bond donors (Lipinski definition) is 1. The predicted octanol–water partition coefficient (Wildman–Crippen LogP) is 1.55. The first kappa shape index (κ1) is 12.3. The molecule has 0 bridgehead atoms. The van der Waals surface area contributed by atoms with Crippen LogP contribution in [-0.2, 0) is 11.2 Å². The molecular formula is C13H19FN2O. The van der Waals surface area contributed by atoms with Crippen molar-refractivity contribution in [2.75, 3.05) is 31.7 Å². The number of benzene rings is 1. The van der Waals surface area contributed by atoms with E-state index in [4.69, 9.17) is 10.5 Å². The van der Waals surface area contributed by atoms with Crippen molar-refractivity contribution in [1.82, 2.24) is 0 Å². The van der Waals surface area contributed by atoms with Gasteiger partial charge in [0.2, 0.25) is 0 Å². The van der Waals surface area contributed by atoms with E-state index < -0.39 is 0 Å². The van der Waals surface area contributed by atoms with Crippen LogP contribution >= 0.6 is 0 Å². The van der Waals surface area contributed by atoms with Gasteiger partial charge in [-0.15, -0.1) is 0 Å². The summed E-state index contributed by atoms with van der Waals surface area (Å²) in [5.41, 5.74) is 7.72. The summed E-state index contributed by atoms with van der Waals surface area (Å²) < 4.78 is 18.6. The number of anilines is 1. The molecule has 4 heteroatoms. The Morgan fingerprint density at radius 2 is 2.29 bits per heavy atom. The first-order valence-electron chi connectivity index (χ1n) is 5.86. The van der Waals surface area contributed by atoms with E-state index in [1.54, 1.807) is 13.2 Å². The highest BCUT2D eigenvalue weighted by atomic mass is 19.1. The summed E-state index contributed by atoms with van der Waals surface area (Å²) in [7, 11) is 1.66. The summed E-state index contributed by atoms with van der Waals surface area (Å²) in [5, 5.41) is 0. The molecule has 0 fully saturated rings. The molecule has 17 heavy (non-hydrogen) atoms. The van der Waals surface area contributed by atoms with Crippen molar-refractivity contribution in [2.24, 2.45) is 5.73 Å². The number of methoxy groups -OCH3 is 1. The summed E-state index contributed by atoms with van der Waals surface area (Å²) in [4.78, 5) is 2.16. The van der Waals surface area contributed by atoms with Crippen LogP contribution in [-0.4, -0.2) is 32.3 Å². The molecule has 0 amide bonds. The van der Waals surface area contributed by atoms with Crippen LogP contribution in [0.3, 0.4) is 0 Å². The lowest BCUT2D eigenvalue weighted by molar-refractivity contribution is 0.140. The molecule has 1 aliphatic heterocycles. The van der Waals surface area contributed by atoms with E-state index in [0.717, 1.165) is 18.7 Å². The highest BCUT2D eigenvalue weighted by molar-refractivity contribution is 5.60. The van der Waals surface area contributed by atoms with E-state index in [-0.39, 0.29) is 11.4 Å².